The molecule has 4 rings (SSSR count). The number of amides is 1. The Morgan fingerprint density at radius 1 is 1.06 bits per heavy atom. The van der Waals surface area contributed by atoms with Crippen LogP contribution in [-0.4, -0.2) is 41.9 Å². The molecule has 2 aromatic carbocycles. The number of sulfone groups is 1. The largest absolute Gasteiger partial charge is 0.493 e. The van der Waals surface area contributed by atoms with Crippen LogP contribution < -0.4 is 19.5 Å². The summed E-state index contributed by atoms with van der Waals surface area (Å²) in [5, 5.41) is 3.18. The van der Waals surface area contributed by atoms with Gasteiger partial charge in [-0.2, -0.15) is 0 Å². The molecule has 172 valence electrons. The molecule has 0 aromatic heterocycles. The number of hydrogen-bond donors (Lipinski definition) is 1. The van der Waals surface area contributed by atoms with Crippen LogP contribution in [0.15, 0.2) is 29.2 Å². The molecule has 0 heterocycles. The van der Waals surface area contributed by atoms with Crippen molar-refractivity contribution in [1.29, 1.82) is 0 Å². The lowest BCUT2D eigenvalue weighted by Gasteiger charge is -2.22. The van der Waals surface area contributed by atoms with Crippen molar-refractivity contribution in [2.45, 2.75) is 37.1 Å². The molecule has 2 aliphatic carbocycles. The topological polar surface area (TPSA) is 90.9 Å². The summed E-state index contributed by atoms with van der Waals surface area (Å²) < 4.78 is 41.5. The molecule has 0 aliphatic heterocycles. The molecule has 2 aliphatic rings. The molecule has 3 atom stereocenters. The number of fused-ring (bicyclic) bond motifs is 3. The van der Waals surface area contributed by atoms with Crippen molar-refractivity contribution in [2.75, 3.05) is 27.6 Å². The Morgan fingerprint density at radius 3 is 2.31 bits per heavy atom. The van der Waals surface area contributed by atoms with Crippen LogP contribution in [0, 0.1) is 11.8 Å². The molecule has 0 bridgehead atoms. The quantitative estimate of drug-likeness (QED) is 0.711. The summed E-state index contributed by atoms with van der Waals surface area (Å²) in [4.78, 5) is 13.0. The number of benzene rings is 2. The second-order valence-electron chi connectivity index (χ2n) is 8.62. The van der Waals surface area contributed by atoms with E-state index >= 15 is 0 Å². The van der Waals surface area contributed by atoms with Crippen LogP contribution in [0.5, 0.6) is 17.2 Å². The molecule has 0 saturated heterocycles. The monoisotopic (exact) mass is 459 g/mol. The first kappa shape index (κ1) is 22.5. The van der Waals surface area contributed by atoms with Crippen molar-refractivity contribution in [1.82, 2.24) is 5.32 Å². The van der Waals surface area contributed by atoms with Gasteiger partial charge < -0.3 is 19.5 Å². The molecule has 2 aromatic rings. The fraction of sp³-hybridized carbons (Fsp3) is 0.458. The zero-order chi connectivity index (χ0) is 23.2. The molecule has 0 spiro atoms. The summed E-state index contributed by atoms with van der Waals surface area (Å²) in [5.41, 5.74) is 3.40. The molecule has 3 unspecified atom stereocenters. The number of aryl methyl sites for hydroxylation is 1. The minimum absolute atomic E-state index is 0.0197. The van der Waals surface area contributed by atoms with Crippen LogP contribution in [-0.2, 0) is 21.1 Å². The lowest BCUT2D eigenvalue weighted by Crippen LogP contribution is -2.30. The van der Waals surface area contributed by atoms with Crippen molar-refractivity contribution >= 4 is 15.7 Å². The summed E-state index contributed by atoms with van der Waals surface area (Å²) in [6.07, 6.45) is 3.35. The van der Waals surface area contributed by atoms with Gasteiger partial charge in [-0.1, -0.05) is 13.0 Å². The Kier molecular flexibility index (Phi) is 5.83. The predicted molar refractivity (Wildman–Crippen MR) is 121 cm³/mol. The zero-order valence-corrected chi connectivity index (χ0v) is 19.8. The number of carbonyl (C=O) groups is 1. The van der Waals surface area contributed by atoms with Gasteiger partial charge in [0.2, 0.25) is 11.7 Å². The molecule has 1 saturated carbocycles. The minimum Gasteiger partial charge on any atom is -0.493 e. The van der Waals surface area contributed by atoms with Crippen molar-refractivity contribution in [3.8, 4) is 28.4 Å². The van der Waals surface area contributed by atoms with E-state index in [9.17, 15) is 13.2 Å². The molecule has 8 heteroatoms. The number of ether oxygens (including phenoxy) is 3. The normalized spacial score (nSPS) is 21.6. The summed E-state index contributed by atoms with van der Waals surface area (Å²) in [5.74, 6) is 1.99. The molecule has 32 heavy (non-hydrogen) atoms. The Balaban J connectivity index is 1.92. The third-order valence-electron chi connectivity index (χ3n) is 6.47. The standard InChI is InChI=1S/C24H29NO6S/c1-13-10-17(13)24(26)25-19-9-6-14-11-20(29-2)22(30-3)23(31-4)21(14)16-8-7-15(12-18(16)19)32(5,27)28/h7-8,11-13,17,19H,6,9-10H2,1-5H3,(H,25,26). The average Bonchev–Trinajstić information content (AvgIpc) is 3.52. The molecule has 1 N–H and O–H groups in total. The number of rotatable bonds is 6. The van der Waals surface area contributed by atoms with Crippen LogP contribution in [0.4, 0.5) is 0 Å². The van der Waals surface area contributed by atoms with Crippen LogP contribution in [0.1, 0.15) is 36.9 Å². The van der Waals surface area contributed by atoms with Gasteiger partial charge >= 0.3 is 0 Å². The Morgan fingerprint density at radius 2 is 1.75 bits per heavy atom. The van der Waals surface area contributed by atoms with Gasteiger partial charge in [-0.15, -0.1) is 0 Å². The number of nitrogens with one attached hydrogen (secondary N) is 1. The van der Waals surface area contributed by atoms with E-state index in [4.69, 9.17) is 14.2 Å². The molecule has 0 radical (unpaired) electrons. The summed E-state index contributed by atoms with van der Waals surface area (Å²) >= 11 is 0. The van der Waals surface area contributed by atoms with Gasteiger partial charge in [0.05, 0.1) is 32.3 Å². The van der Waals surface area contributed by atoms with Gasteiger partial charge in [0.1, 0.15) is 0 Å². The van der Waals surface area contributed by atoms with E-state index in [0.717, 1.165) is 28.7 Å². The predicted octanol–water partition coefficient (Wildman–Crippen LogP) is 3.54. The lowest BCUT2D eigenvalue weighted by molar-refractivity contribution is -0.123. The fourth-order valence-corrected chi connectivity index (χ4v) is 5.21. The molecular weight excluding hydrogens is 430 g/mol. The maximum Gasteiger partial charge on any atom is 0.223 e. The van der Waals surface area contributed by atoms with E-state index in [1.54, 1.807) is 39.5 Å². The molecular formula is C24H29NO6S. The second kappa shape index (κ2) is 8.31. The highest BCUT2D eigenvalue weighted by Gasteiger charge is 2.40. The number of carbonyl (C=O) groups excluding carboxylic acids is 1. The first-order valence-corrected chi connectivity index (χ1v) is 12.5. The SMILES string of the molecule is COc1cc2c(c(OC)c1OC)-c1ccc(S(C)(=O)=O)cc1C(NC(=O)C1CC1C)CC2. The van der Waals surface area contributed by atoms with Crippen LogP contribution >= 0.6 is 0 Å². The first-order chi connectivity index (χ1) is 15.2. The van der Waals surface area contributed by atoms with E-state index in [2.05, 4.69) is 12.2 Å². The Hall–Kier alpha value is -2.74. The van der Waals surface area contributed by atoms with Gasteiger partial charge in [0, 0.05) is 17.7 Å². The summed E-state index contributed by atoms with van der Waals surface area (Å²) in [7, 11) is 1.28. The van der Waals surface area contributed by atoms with Crippen molar-refractivity contribution in [2.24, 2.45) is 11.8 Å². The van der Waals surface area contributed by atoms with Crippen molar-refractivity contribution < 1.29 is 27.4 Å². The maximum absolute atomic E-state index is 12.8. The van der Waals surface area contributed by atoms with Gasteiger partial charge in [-0.3, -0.25) is 4.79 Å². The van der Waals surface area contributed by atoms with Crippen LogP contribution in [0.2, 0.25) is 0 Å². The van der Waals surface area contributed by atoms with Crippen LogP contribution in [0.25, 0.3) is 11.1 Å². The van der Waals surface area contributed by atoms with Crippen LogP contribution in [0.3, 0.4) is 0 Å². The van der Waals surface area contributed by atoms with E-state index in [1.807, 2.05) is 6.07 Å². The van der Waals surface area contributed by atoms with E-state index < -0.39 is 9.84 Å². The molecule has 7 nitrogen and oxygen atoms in total. The van der Waals surface area contributed by atoms with Gasteiger partial charge in [-0.05, 0) is 60.1 Å². The Bertz CT molecular complexity index is 1170. The van der Waals surface area contributed by atoms with E-state index in [0.29, 0.717) is 36.0 Å². The average molecular weight is 460 g/mol. The van der Waals surface area contributed by atoms with Gasteiger partial charge in [-0.25, -0.2) is 8.42 Å². The summed E-state index contributed by atoms with van der Waals surface area (Å²) in [6.45, 7) is 2.06. The van der Waals surface area contributed by atoms with Gasteiger partial charge in [0.25, 0.3) is 0 Å². The molecule has 1 fully saturated rings. The first-order valence-electron chi connectivity index (χ1n) is 10.7. The smallest absolute Gasteiger partial charge is 0.223 e. The van der Waals surface area contributed by atoms with E-state index in [1.165, 1.54) is 6.26 Å². The zero-order valence-electron chi connectivity index (χ0n) is 19.0. The van der Waals surface area contributed by atoms with Crippen molar-refractivity contribution in [3.05, 3.63) is 35.4 Å². The number of hydrogen-bond acceptors (Lipinski definition) is 6. The number of methoxy groups -OCH3 is 3. The minimum atomic E-state index is -3.42. The van der Waals surface area contributed by atoms with E-state index in [-0.39, 0.29) is 22.8 Å². The van der Waals surface area contributed by atoms with Gasteiger partial charge in [0.15, 0.2) is 21.3 Å². The summed E-state index contributed by atoms with van der Waals surface area (Å²) in [6, 6.07) is 6.68. The highest BCUT2D eigenvalue weighted by Crippen LogP contribution is 2.51. The highest BCUT2D eigenvalue weighted by atomic mass is 32.2. The lowest BCUT2D eigenvalue weighted by atomic mass is 9.93. The Labute approximate surface area is 189 Å². The third-order valence-corrected chi connectivity index (χ3v) is 7.58. The fourth-order valence-electron chi connectivity index (χ4n) is 4.56. The third kappa shape index (κ3) is 3.92. The van der Waals surface area contributed by atoms with Crippen molar-refractivity contribution in [3.63, 3.8) is 0 Å². The second-order valence-corrected chi connectivity index (χ2v) is 10.6. The highest BCUT2D eigenvalue weighted by molar-refractivity contribution is 7.90. The maximum atomic E-state index is 12.8. The molecule has 1 amide bonds.